The molecule has 5 nitrogen and oxygen atoms in total. The molecule has 0 aliphatic carbocycles. The Balaban J connectivity index is 1.28. The summed E-state index contributed by atoms with van der Waals surface area (Å²) in [6, 6.07) is 0. The van der Waals surface area contributed by atoms with E-state index in [-0.39, 0.29) is 5.91 Å². The summed E-state index contributed by atoms with van der Waals surface area (Å²) in [6.45, 7) is 8.47. The minimum Gasteiger partial charge on any atom is -0.356 e. The normalized spacial score (nSPS) is 20.3. The van der Waals surface area contributed by atoms with Crippen LogP contribution < -0.4 is 10.6 Å². The Labute approximate surface area is 162 Å². The summed E-state index contributed by atoms with van der Waals surface area (Å²) in [7, 11) is 0. The van der Waals surface area contributed by atoms with Crippen molar-refractivity contribution in [3.63, 3.8) is 0 Å². The first-order valence-corrected chi connectivity index (χ1v) is 11.2. The van der Waals surface area contributed by atoms with Crippen LogP contribution in [0.25, 0.3) is 0 Å². The van der Waals surface area contributed by atoms with Crippen molar-refractivity contribution >= 4 is 17.2 Å². The lowest BCUT2D eigenvalue weighted by molar-refractivity contribution is -0.121. The summed E-state index contributed by atoms with van der Waals surface area (Å²) in [6.07, 6.45) is 7.60. The number of amides is 1. The van der Waals surface area contributed by atoms with E-state index in [2.05, 4.69) is 32.8 Å². The minimum absolute atomic E-state index is 0.250. The quantitative estimate of drug-likeness (QED) is 0.730. The maximum absolute atomic E-state index is 12.1. The highest BCUT2D eigenvalue weighted by Gasteiger charge is 2.21. The third-order valence-corrected chi connectivity index (χ3v) is 6.86. The van der Waals surface area contributed by atoms with Crippen LogP contribution in [0.3, 0.4) is 0 Å². The number of carbonyl (C=O) groups excluding carboxylic acids is 1. The van der Waals surface area contributed by atoms with E-state index in [1.54, 1.807) is 11.3 Å². The molecule has 2 aliphatic rings. The molecule has 26 heavy (non-hydrogen) atoms. The van der Waals surface area contributed by atoms with Crippen molar-refractivity contribution in [2.24, 2.45) is 11.8 Å². The summed E-state index contributed by atoms with van der Waals surface area (Å²) in [5.74, 6) is 1.63. The maximum Gasteiger partial charge on any atom is 0.220 e. The zero-order valence-corrected chi connectivity index (χ0v) is 17.0. The first-order valence-electron chi connectivity index (χ1n) is 10.4. The number of nitrogens with one attached hydrogen (secondary N) is 2. The molecule has 1 amide bonds. The molecule has 146 valence electrons. The number of hydrogen-bond donors (Lipinski definition) is 2. The Bertz CT molecular complexity index is 548. The van der Waals surface area contributed by atoms with E-state index >= 15 is 0 Å². The van der Waals surface area contributed by atoms with Gasteiger partial charge in [0.1, 0.15) is 0 Å². The molecule has 0 atom stereocenters. The van der Waals surface area contributed by atoms with Crippen LogP contribution in [-0.2, 0) is 17.8 Å². The zero-order valence-electron chi connectivity index (χ0n) is 16.1. The Morgan fingerprint density at radius 2 is 2.04 bits per heavy atom. The van der Waals surface area contributed by atoms with Crippen molar-refractivity contribution in [3.8, 4) is 0 Å². The number of hydrogen-bond acceptors (Lipinski definition) is 5. The minimum atomic E-state index is 0.250. The summed E-state index contributed by atoms with van der Waals surface area (Å²) in [5.41, 5.74) is 1.22. The summed E-state index contributed by atoms with van der Waals surface area (Å²) >= 11 is 1.78. The van der Waals surface area contributed by atoms with E-state index in [4.69, 9.17) is 0 Å². The average molecular weight is 379 g/mol. The number of aryl methyl sites for hydroxylation is 1. The van der Waals surface area contributed by atoms with Crippen LogP contribution in [0.4, 0.5) is 0 Å². The number of likely N-dealkylation sites (tertiary alicyclic amines) is 1. The number of nitrogens with zero attached hydrogens (tertiary/aromatic N) is 2. The molecule has 2 saturated heterocycles. The zero-order chi connectivity index (χ0) is 18.2. The SMILES string of the molecule is CCc1nc(CN2CCC(CNC(=O)CCC3CCNCC3)CC2)cs1. The van der Waals surface area contributed by atoms with E-state index in [0.29, 0.717) is 12.3 Å². The summed E-state index contributed by atoms with van der Waals surface area (Å²) in [4.78, 5) is 19.3. The van der Waals surface area contributed by atoms with E-state index in [9.17, 15) is 4.79 Å². The molecule has 0 aromatic carbocycles. The fourth-order valence-electron chi connectivity index (χ4n) is 4.01. The van der Waals surface area contributed by atoms with Gasteiger partial charge in [-0.3, -0.25) is 9.69 Å². The molecule has 0 unspecified atom stereocenters. The molecule has 0 spiro atoms. The highest BCUT2D eigenvalue weighted by molar-refractivity contribution is 7.09. The molecular formula is C20H34N4OS. The van der Waals surface area contributed by atoms with Crippen molar-refractivity contribution in [1.82, 2.24) is 20.5 Å². The predicted octanol–water partition coefficient (Wildman–Crippen LogP) is 2.81. The van der Waals surface area contributed by atoms with Crippen molar-refractivity contribution in [2.45, 2.75) is 58.4 Å². The monoisotopic (exact) mass is 378 g/mol. The Kier molecular flexibility index (Phi) is 7.89. The highest BCUT2D eigenvalue weighted by atomic mass is 32.1. The first kappa shape index (κ1) is 19.8. The second kappa shape index (κ2) is 10.4. The van der Waals surface area contributed by atoms with Gasteiger partial charge < -0.3 is 10.6 Å². The lowest BCUT2D eigenvalue weighted by Crippen LogP contribution is -2.38. The summed E-state index contributed by atoms with van der Waals surface area (Å²) in [5, 5.41) is 10.0. The predicted molar refractivity (Wildman–Crippen MR) is 107 cm³/mol. The van der Waals surface area contributed by atoms with Crippen LogP contribution >= 0.6 is 11.3 Å². The van der Waals surface area contributed by atoms with Gasteiger partial charge in [-0.15, -0.1) is 11.3 Å². The van der Waals surface area contributed by atoms with Crippen molar-refractivity contribution in [2.75, 3.05) is 32.7 Å². The fourth-order valence-corrected chi connectivity index (χ4v) is 4.75. The Morgan fingerprint density at radius 1 is 1.27 bits per heavy atom. The van der Waals surface area contributed by atoms with E-state index in [1.165, 1.54) is 36.4 Å². The van der Waals surface area contributed by atoms with Crippen LogP contribution in [0, 0.1) is 11.8 Å². The van der Waals surface area contributed by atoms with Gasteiger partial charge in [0.15, 0.2) is 0 Å². The fraction of sp³-hybridized carbons (Fsp3) is 0.800. The van der Waals surface area contributed by atoms with Crippen molar-refractivity contribution in [3.05, 3.63) is 16.1 Å². The van der Waals surface area contributed by atoms with Crippen LogP contribution in [0.5, 0.6) is 0 Å². The van der Waals surface area contributed by atoms with Gasteiger partial charge in [0.25, 0.3) is 0 Å². The lowest BCUT2D eigenvalue weighted by Gasteiger charge is -2.31. The van der Waals surface area contributed by atoms with Crippen LogP contribution in [0.1, 0.15) is 56.2 Å². The molecule has 6 heteroatoms. The largest absolute Gasteiger partial charge is 0.356 e. The van der Waals surface area contributed by atoms with Gasteiger partial charge in [-0.2, -0.15) is 0 Å². The average Bonchev–Trinajstić information content (AvgIpc) is 3.14. The number of rotatable bonds is 8. The second-order valence-corrected chi connectivity index (χ2v) is 8.78. The third kappa shape index (κ3) is 6.32. The Hall–Kier alpha value is -0.980. The van der Waals surface area contributed by atoms with Crippen molar-refractivity contribution < 1.29 is 4.79 Å². The third-order valence-electron chi connectivity index (χ3n) is 5.82. The van der Waals surface area contributed by atoms with Gasteiger partial charge in [-0.05, 0) is 76.5 Å². The van der Waals surface area contributed by atoms with Crippen LogP contribution in [-0.4, -0.2) is 48.5 Å². The standard InChI is InChI=1S/C20H34N4OS/c1-2-20-23-18(15-26-20)14-24-11-7-17(8-12-24)13-22-19(25)4-3-16-5-9-21-10-6-16/h15-17,21H,2-14H2,1H3,(H,22,25). The van der Waals surface area contributed by atoms with Crippen molar-refractivity contribution in [1.29, 1.82) is 0 Å². The molecule has 0 bridgehead atoms. The topological polar surface area (TPSA) is 57.3 Å². The Morgan fingerprint density at radius 3 is 2.73 bits per heavy atom. The van der Waals surface area contributed by atoms with E-state index in [0.717, 1.165) is 58.0 Å². The summed E-state index contributed by atoms with van der Waals surface area (Å²) < 4.78 is 0. The highest BCUT2D eigenvalue weighted by Crippen LogP contribution is 2.20. The molecule has 1 aromatic rings. The molecule has 2 N–H and O–H groups in total. The first-order chi connectivity index (χ1) is 12.7. The second-order valence-electron chi connectivity index (χ2n) is 7.84. The molecule has 3 rings (SSSR count). The molecular weight excluding hydrogens is 344 g/mol. The number of piperidine rings is 2. The smallest absolute Gasteiger partial charge is 0.220 e. The van der Waals surface area contributed by atoms with Gasteiger partial charge in [-0.1, -0.05) is 6.92 Å². The number of carbonyl (C=O) groups is 1. The van der Waals surface area contributed by atoms with Crippen LogP contribution in [0.2, 0.25) is 0 Å². The molecule has 3 heterocycles. The van der Waals surface area contributed by atoms with Gasteiger partial charge in [0, 0.05) is 24.9 Å². The number of thiazole rings is 1. The van der Waals surface area contributed by atoms with E-state index < -0.39 is 0 Å². The van der Waals surface area contributed by atoms with Crippen LogP contribution in [0.15, 0.2) is 5.38 Å². The molecule has 1 aromatic heterocycles. The molecule has 2 aliphatic heterocycles. The number of aromatic nitrogens is 1. The lowest BCUT2D eigenvalue weighted by atomic mass is 9.93. The molecule has 0 radical (unpaired) electrons. The molecule has 0 saturated carbocycles. The van der Waals surface area contributed by atoms with E-state index in [1.807, 2.05) is 0 Å². The van der Waals surface area contributed by atoms with Gasteiger partial charge in [0.05, 0.1) is 10.7 Å². The molecule has 2 fully saturated rings. The van der Waals surface area contributed by atoms with Gasteiger partial charge in [0.2, 0.25) is 5.91 Å². The maximum atomic E-state index is 12.1. The van der Waals surface area contributed by atoms with Gasteiger partial charge in [-0.25, -0.2) is 4.98 Å². The van der Waals surface area contributed by atoms with Gasteiger partial charge >= 0.3 is 0 Å².